The van der Waals surface area contributed by atoms with Gasteiger partial charge in [-0.3, -0.25) is 4.79 Å². The average molecular weight is 269 g/mol. The third-order valence-corrected chi connectivity index (χ3v) is 3.42. The Morgan fingerprint density at radius 2 is 1.70 bits per heavy atom. The number of hydrogen-bond acceptors (Lipinski definition) is 2. The lowest BCUT2D eigenvalue weighted by Gasteiger charge is -2.30. The van der Waals surface area contributed by atoms with Gasteiger partial charge >= 0.3 is 5.97 Å². The number of carboxylic acids is 1. The summed E-state index contributed by atoms with van der Waals surface area (Å²) in [7, 11) is 0. The van der Waals surface area contributed by atoms with E-state index in [-0.39, 0.29) is 12.6 Å². The van der Waals surface area contributed by atoms with Gasteiger partial charge in [-0.1, -0.05) is 48.0 Å². The molecule has 0 fully saturated rings. The summed E-state index contributed by atoms with van der Waals surface area (Å²) in [6.45, 7) is 4.06. The summed E-state index contributed by atoms with van der Waals surface area (Å²) in [5, 5.41) is 9.14. The summed E-state index contributed by atoms with van der Waals surface area (Å²) >= 11 is 0. The fourth-order valence-corrected chi connectivity index (χ4v) is 2.24. The lowest BCUT2D eigenvalue weighted by atomic mass is 10.0. The van der Waals surface area contributed by atoms with Gasteiger partial charge in [0.15, 0.2) is 0 Å². The molecule has 0 spiro atoms. The third-order valence-electron chi connectivity index (χ3n) is 3.42. The van der Waals surface area contributed by atoms with Gasteiger partial charge in [0.05, 0.1) is 6.04 Å². The lowest BCUT2D eigenvalue weighted by Crippen LogP contribution is -2.32. The molecule has 3 nitrogen and oxygen atoms in total. The topological polar surface area (TPSA) is 40.5 Å². The first-order valence-electron chi connectivity index (χ1n) is 6.68. The normalized spacial score (nSPS) is 11.9. The zero-order valence-electron chi connectivity index (χ0n) is 11.8. The SMILES string of the molecule is Cc1ccc(C(C)N(CC(=O)O)c2ccccc2)cc1. The number of benzene rings is 2. The summed E-state index contributed by atoms with van der Waals surface area (Å²) in [5.41, 5.74) is 3.23. The second-order valence-electron chi connectivity index (χ2n) is 4.94. The molecule has 0 aliphatic carbocycles. The molecule has 0 aromatic heterocycles. The fourth-order valence-electron chi connectivity index (χ4n) is 2.24. The molecule has 2 aromatic carbocycles. The van der Waals surface area contributed by atoms with Gasteiger partial charge in [-0.2, -0.15) is 0 Å². The van der Waals surface area contributed by atoms with Crippen LogP contribution in [0.15, 0.2) is 54.6 Å². The summed E-state index contributed by atoms with van der Waals surface area (Å²) < 4.78 is 0. The van der Waals surface area contributed by atoms with Crippen LogP contribution >= 0.6 is 0 Å². The van der Waals surface area contributed by atoms with Gasteiger partial charge in [0.1, 0.15) is 6.54 Å². The van der Waals surface area contributed by atoms with Crippen molar-refractivity contribution >= 4 is 11.7 Å². The first-order valence-corrected chi connectivity index (χ1v) is 6.68. The van der Waals surface area contributed by atoms with Crippen molar-refractivity contribution in [1.29, 1.82) is 0 Å². The minimum absolute atomic E-state index is 0.00843. The molecule has 0 saturated carbocycles. The number of para-hydroxylation sites is 1. The van der Waals surface area contributed by atoms with Crippen molar-refractivity contribution in [3.8, 4) is 0 Å². The molecule has 0 saturated heterocycles. The van der Waals surface area contributed by atoms with Crippen molar-refractivity contribution in [3.63, 3.8) is 0 Å². The van der Waals surface area contributed by atoms with Gasteiger partial charge < -0.3 is 10.0 Å². The van der Waals surface area contributed by atoms with Gasteiger partial charge in [0.25, 0.3) is 0 Å². The Labute approximate surface area is 119 Å². The number of carboxylic acid groups (broad SMARTS) is 1. The number of aliphatic carboxylic acids is 1. The standard InChI is InChI=1S/C17H19NO2/c1-13-8-10-15(11-9-13)14(2)18(12-17(19)20)16-6-4-3-5-7-16/h3-11,14H,12H2,1-2H3,(H,19,20). The number of rotatable bonds is 5. The van der Waals surface area contributed by atoms with E-state index in [0.29, 0.717) is 0 Å². The molecule has 104 valence electrons. The summed E-state index contributed by atoms with van der Waals surface area (Å²) in [6.07, 6.45) is 0. The third kappa shape index (κ3) is 3.38. The van der Waals surface area contributed by atoms with Crippen molar-refractivity contribution in [2.24, 2.45) is 0 Å². The molecule has 0 amide bonds. The predicted molar refractivity (Wildman–Crippen MR) is 81.0 cm³/mol. The van der Waals surface area contributed by atoms with E-state index in [1.165, 1.54) is 5.56 Å². The Kier molecular flexibility index (Phi) is 4.41. The van der Waals surface area contributed by atoms with Crippen LogP contribution in [-0.2, 0) is 4.79 Å². The molecule has 0 aliphatic heterocycles. The van der Waals surface area contributed by atoms with Crippen LogP contribution in [0.5, 0.6) is 0 Å². The Bertz CT molecular complexity index is 563. The lowest BCUT2D eigenvalue weighted by molar-refractivity contribution is -0.135. The zero-order chi connectivity index (χ0) is 14.5. The molecule has 2 aromatic rings. The Hall–Kier alpha value is -2.29. The van der Waals surface area contributed by atoms with Gasteiger partial charge in [-0.05, 0) is 31.5 Å². The van der Waals surface area contributed by atoms with Gasteiger partial charge in [-0.25, -0.2) is 0 Å². The van der Waals surface area contributed by atoms with Crippen molar-refractivity contribution in [2.75, 3.05) is 11.4 Å². The molecule has 3 heteroatoms. The number of anilines is 1. The van der Waals surface area contributed by atoms with Crippen LogP contribution in [0.1, 0.15) is 24.1 Å². The van der Waals surface area contributed by atoms with Crippen molar-refractivity contribution in [2.45, 2.75) is 19.9 Å². The van der Waals surface area contributed by atoms with E-state index in [1.807, 2.05) is 49.1 Å². The van der Waals surface area contributed by atoms with Gasteiger partial charge in [0.2, 0.25) is 0 Å². The molecule has 0 bridgehead atoms. The highest BCUT2D eigenvalue weighted by Crippen LogP contribution is 2.26. The number of nitrogens with zero attached hydrogens (tertiary/aromatic N) is 1. The molecule has 1 atom stereocenters. The molecular weight excluding hydrogens is 250 g/mol. The minimum Gasteiger partial charge on any atom is -0.480 e. The van der Waals surface area contributed by atoms with E-state index in [1.54, 1.807) is 0 Å². The average Bonchev–Trinajstić information content (AvgIpc) is 2.45. The van der Waals surface area contributed by atoms with Crippen LogP contribution in [0, 0.1) is 6.92 Å². The zero-order valence-corrected chi connectivity index (χ0v) is 11.8. The van der Waals surface area contributed by atoms with E-state index < -0.39 is 5.97 Å². The molecule has 0 radical (unpaired) electrons. The fraction of sp³-hybridized carbons (Fsp3) is 0.235. The Morgan fingerprint density at radius 1 is 1.10 bits per heavy atom. The number of carbonyl (C=O) groups is 1. The largest absolute Gasteiger partial charge is 0.480 e. The molecule has 0 aliphatic rings. The first kappa shape index (κ1) is 14.1. The van der Waals surface area contributed by atoms with E-state index in [4.69, 9.17) is 5.11 Å². The second kappa shape index (κ2) is 6.24. The molecular formula is C17H19NO2. The summed E-state index contributed by atoms with van der Waals surface area (Å²) in [4.78, 5) is 13.0. The molecule has 2 rings (SSSR count). The monoisotopic (exact) mass is 269 g/mol. The highest BCUT2D eigenvalue weighted by Gasteiger charge is 2.18. The first-order chi connectivity index (χ1) is 9.58. The van der Waals surface area contributed by atoms with Crippen LogP contribution in [0.3, 0.4) is 0 Å². The van der Waals surface area contributed by atoms with Crippen LogP contribution in [0.4, 0.5) is 5.69 Å². The van der Waals surface area contributed by atoms with E-state index in [0.717, 1.165) is 11.3 Å². The number of aryl methyl sites for hydroxylation is 1. The second-order valence-corrected chi connectivity index (χ2v) is 4.94. The molecule has 1 N–H and O–H groups in total. The predicted octanol–water partition coefficient (Wildman–Crippen LogP) is 3.65. The molecule has 1 unspecified atom stereocenters. The summed E-state index contributed by atoms with van der Waals surface area (Å²) in [6, 6.07) is 17.9. The van der Waals surface area contributed by atoms with Crippen molar-refractivity contribution in [3.05, 3.63) is 65.7 Å². The minimum atomic E-state index is -0.826. The smallest absolute Gasteiger partial charge is 0.323 e. The highest BCUT2D eigenvalue weighted by atomic mass is 16.4. The van der Waals surface area contributed by atoms with Crippen molar-refractivity contribution in [1.82, 2.24) is 0 Å². The maximum Gasteiger partial charge on any atom is 0.323 e. The van der Waals surface area contributed by atoms with Crippen molar-refractivity contribution < 1.29 is 9.90 Å². The Balaban J connectivity index is 2.31. The van der Waals surface area contributed by atoms with Crippen LogP contribution in [0.2, 0.25) is 0 Å². The molecule has 0 heterocycles. The highest BCUT2D eigenvalue weighted by molar-refractivity contribution is 5.74. The number of hydrogen-bond donors (Lipinski definition) is 1. The van der Waals surface area contributed by atoms with Crippen LogP contribution in [0.25, 0.3) is 0 Å². The van der Waals surface area contributed by atoms with Gasteiger partial charge in [-0.15, -0.1) is 0 Å². The van der Waals surface area contributed by atoms with Gasteiger partial charge in [0, 0.05) is 5.69 Å². The molecule has 20 heavy (non-hydrogen) atoms. The van der Waals surface area contributed by atoms with E-state index in [9.17, 15) is 4.79 Å². The maximum absolute atomic E-state index is 11.1. The Morgan fingerprint density at radius 3 is 2.25 bits per heavy atom. The quantitative estimate of drug-likeness (QED) is 0.900. The maximum atomic E-state index is 11.1. The van der Waals surface area contributed by atoms with E-state index in [2.05, 4.69) is 24.3 Å². The summed E-state index contributed by atoms with van der Waals surface area (Å²) in [5.74, 6) is -0.826. The van der Waals surface area contributed by atoms with Crippen LogP contribution in [-0.4, -0.2) is 17.6 Å². The van der Waals surface area contributed by atoms with E-state index >= 15 is 0 Å². The van der Waals surface area contributed by atoms with Crippen LogP contribution < -0.4 is 4.90 Å².